The lowest BCUT2D eigenvalue weighted by Crippen LogP contribution is -2.30. The van der Waals surface area contributed by atoms with E-state index in [1.54, 1.807) is 0 Å². The number of carbonyl (C=O) groups excluding carboxylic acids is 4. The fourth-order valence-electron chi connectivity index (χ4n) is 12.6. The molecule has 0 aliphatic rings. The molecule has 19 heteroatoms. The van der Waals surface area contributed by atoms with Gasteiger partial charge in [-0.3, -0.25) is 37.3 Å². The molecule has 0 saturated heterocycles. The van der Waals surface area contributed by atoms with E-state index in [9.17, 15) is 43.2 Å². The first-order valence-corrected chi connectivity index (χ1v) is 45.3. The molecular formula is C81H158O17P2. The van der Waals surface area contributed by atoms with Crippen molar-refractivity contribution in [2.75, 3.05) is 39.6 Å². The highest BCUT2D eigenvalue weighted by molar-refractivity contribution is 7.47. The molecule has 5 atom stereocenters. The van der Waals surface area contributed by atoms with Crippen molar-refractivity contribution in [3.63, 3.8) is 0 Å². The Labute approximate surface area is 613 Å². The van der Waals surface area contributed by atoms with Crippen LogP contribution in [-0.4, -0.2) is 96.7 Å². The van der Waals surface area contributed by atoms with E-state index in [1.807, 2.05) is 0 Å². The molecular weight excluding hydrogens is 1310 g/mol. The summed E-state index contributed by atoms with van der Waals surface area (Å²) in [7, 11) is -9.91. The molecule has 0 aromatic carbocycles. The molecule has 0 rings (SSSR count). The summed E-state index contributed by atoms with van der Waals surface area (Å²) in [5.74, 6) is -2.10. The molecule has 0 amide bonds. The zero-order valence-electron chi connectivity index (χ0n) is 65.2. The topological polar surface area (TPSA) is 237 Å². The molecule has 0 radical (unpaired) electrons. The van der Waals surface area contributed by atoms with Gasteiger partial charge in [0, 0.05) is 25.7 Å². The Morgan fingerprint density at radius 3 is 0.590 bits per heavy atom. The SMILES string of the molecule is CCCCCCCCCCCCCCCCCCCCCCC(=O)O[C@H](COC(=O)CCCCCCCCCCCCCCCCCCCC)COP(=O)(O)OC[C@@H](O)COP(=O)(O)OC[C@@H](COC(=O)CCCCCCCCCCCC)OC(=O)CCCCCCCCCCCCCC. The second kappa shape index (κ2) is 75.3. The Hall–Kier alpha value is -1.94. The highest BCUT2D eigenvalue weighted by Gasteiger charge is 2.30. The van der Waals surface area contributed by atoms with Crippen molar-refractivity contribution in [2.45, 2.75) is 457 Å². The Morgan fingerprint density at radius 1 is 0.240 bits per heavy atom. The number of phosphoric acid groups is 2. The lowest BCUT2D eigenvalue weighted by molar-refractivity contribution is -0.161. The molecule has 0 aromatic heterocycles. The summed E-state index contributed by atoms with van der Waals surface area (Å²) in [6.45, 7) is 5.02. The second-order valence-corrected chi connectivity index (χ2v) is 32.1. The molecule has 594 valence electrons. The predicted octanol–water partition coefficient (Wildman–Crippen LogP) is 24.6. The third kappa shape index (κ3) is 74.3. The average molecular weight is 1470 g/mol. The van der Waals surface area contributed by atoms with Crippen LogP contribution in [0.15, 0.2) is 0 Å². The van der Waals surface area contributed by atoms with Gasteiger partial charge in [-0.2, -0.15) is 0 Å². The molecule has 0 aliphatic carbocycles. The van der Waals surface area contributed by atoms with Gasteiger partial charge in [0.15, 0.2) is 12.2 Å². The molecule has 17 nitrogen and oxygen atoms in total. The number of unbranched alkanes of at least 4 members (excludes halogenated alkanes) is 56. The maximum absolute atomic E-state index is 13.1. The molecule has 3 N–H and O–H groups in total. The molecule has 0 bridgehead atoms. The first-order chi connectivity index (χ1) is 48.7. The van der Waals surface area contributed by atoms with Crippen LogP contribution in [0.3, 0.4) is 0 Å². The number of hydrogen-bond donors (Lipinski definition) is 3. The van der Waals surface area contributed by atoms with E-state index in [4.69, 9.17) is 37.0 Å². The van der Waals surface area contributed by atoms with Crippen molar-refractivity contribution in [3.05, 3.63) is 0 Å². The minimum atomic E-state index is -4.96. The average Bonchev–Trinajstić information content (AvgIpc) is 1.07. The standard InChI is InChI=1S/C81H158O17P2/c1-5-9-13-17-21-25-29-32-34-36-38-39-41-43-45-48-52-56-60-64-68-81(86)98-77(72-92-79(84)66-62-58-54-50-47-44-42-40-37-35-33-30-26-22-18-14-10-6-2)74-96-100(89,90)94-70-75(82)69-93-99(87,88)95-73-76(71-91-78(83)65-61-57-53-49-28-24-20-16-12-8-4)97-80(85)67-63-59-55-51-46-31-27-23-19-15-11-7-3/h75-77,82H,5-74H2,1-4H3,(H,87,88)(H,89,90)/t75-,76+,77+/m0/s1. The van der Waals surface area contributed by atoms with Crippen LogP contribution in [0.25, 0.3) is 0 Å². The van der Waals surface area contributed by atoms with E-state index in [0.717, 1.165) is 89.9 Å². The molecule has 0 fully saturated rings. The quantitative estimate of drug-likeness (QED) is 0.0222. The number of aliphatic hydroxyl groups excluding tert-OH is 1. The lowest BCUT2D eigenvalue weighted by Gasteiger charge is -2.21. The summed E-state index contributed by atoms with van der Waals surface area (Å²) < 4.78 is 68.7. The van der Waals surface area contributed by atoms with Crippen LogP contribution >= 0.6 is 15.6 Å². The van der Waals surface area contributed by atoms with Gasteiger partial charge in [-0.15, -0.1) is 0 Å². The Morgan fingerprint density at radius 2 is 0.400 bits per heavy atom. The monoisotopic (exact) mass is 1470 g/mol. The van der Waals surface area contributed by atoms with Crippen LogP contribution in [0.2, 0.25) is 0 Å². The van der Waals surface area contributed by atoms with E-state index in [1.165, 1.54) is 270 Å². The van der Waals surface area contributed by atoms with Gasteiger partial charge in [0.25, 0.3) is 0 Å². The minimum Gasteiger partial charge on any atom is -0.462 e. The van der Waals surface area contributed by atoms with Crippen molar-refractivity contribution >= 4 is 39.5 Å². The van der Waals surface area contributed by atoms with E-state index in [2.05, 4.69) is 27.7 Å². The summed E-state index contributed by atoms with van der Waals surface area (Å²) >= 11 is 0. The zero-order chi connectivity index (χ0) is 73.2. The molecule has 0 aliphatic heterocycles. The number of ether oxygens (including phenoxy) is 4. The van der Waals surface area contributed by atoms with Crippen molar-refractivity contribution in [1.29, 1.82) is 0 Å². The molecule has 0 spiro atoms. The van der Waals surface area contributed by atoms with E-state index in [-0.39, 0.29) is 25.7 Å². The third-order valence-electron chi connectivity index (χ3n) is 19.1. The van der Waals surface area contributed by atoms with Crippen molar-refractivity contribution in [3.8, 4) is 0 Å². The van der Waals surface area contributed by atoms with Gasteiger partial charge in [0.05, 0.1) is 26.4 Å². The maximum Gasteiger partial charge on any atom is 0.472 e. The normalized spacial score (nSPS) is 13.8. The summed E-state index contributed by atoms with van der Waals surface area (Å²) in [4.78, 5) is 73.0. The molecule has 0 saturated carbocycles. The summed E-state index contributed by atoms with van der Waals surface area (Å²) in [5.41, 5.74) is 0. The summed E-state index contributed by atoms with van der Waals surface area (Å²) in [6.07, 6.45) is 68.0. The van der Waals surface area contributed by atoms with Gasteiger partial charge < -0.3 is 33.8 Å². The van der Waals surface area contributed by atoms with Crippen LogP contribution in [-0.2, 0) is 65.4 Å². The first-order valence-electron chi connectivity index (χ1n) is 42.3. The molecule has 0 heterocycles. The van der Waals surface area contributed by atoms with Crippen molar-refractivity contribution in [2.24, 2.45) is 0 Å². The zero-order valence-corrected chi connectivity index (χ0v) is 67.0. The van der Waals surface area contributed by atoms with E-state index < -0.39 is 97.5 Å². The highest BCUT2D eigenvalue weighted by Crippen LogP contribution is 2.45. The van der Waals surface area contributed by atoms with Crippen molar-refractivity contribution in [1.82, 2.24) is 0 Å². The van der Waals surface area contributed by atoms with Crippen LogP contribution in [0.4, 0.5) is 0 Å². The highest BCUT2D eigenvalue weighted by atomic mass is 31.2. The van der Waals surface area contributed by atoms with Gasteiger partial charge in [-0.05, 0) is 25.7 Å². The van der Waals surface area contributed by atoms with Crippen LogP contribution in [0, 0.1) is 0 Å². The van der Waals surface area contributed by atoms with Crippen LogP contribution in [0.1, 0.15) is 439 Å². The summed E-state index contributed by atoms with van der Waals surface area (Å²) in [5, 5.41) is 10.6. The molecule has 100 heavy (non-hydrogen) atoms. The number of phosphoric ester groups is 2. The summed E-state index contributed by atoms with van der Waals surface area (Å²) in [6, 6.07) is 0. The fraction of sp³-hybridized carbons (Fsp3) is 0.951. The Kier molecular flexibility index (Phi) is 73.8. The first kappa shape index (κ1) is 98.1. The maximum atomic E-state index is 13.1. The van der Waals surface area contributed by atoms with E-state index in [0.29, 0.717) is 25.7 Å². The second-order valence-electron chi connectivity index (χ2n) is 29.2. The van der Waals surface area contributed by atoms with Gasteiger partial charge in [-0.1, -0.05) is 387 Å². The van der Waals surface area contributed by atoms with Crippen LogP contribution < -0.4 is 0 Å². The van der Waals surface area contributed by atoms with Crippen molar-refractivity contribution < 1.29 is 80.2 Å². The number of carbonyl (C=O) groups is 4. The number of esters is 4. The van der Waals surface area contributed by atoms with Crippen LogP contribution in [0.5, 0.6) is 0 Å². The number of hydrogen-bond acceptors (Lipinski definition) is 15. The largest absolute Gasteiger partial charge is 0.472 e. The lowest BCUT2D eigenvalue weighted by atomic mass is 10.0. The number of aliphatic hydroxyl groups is 1. The molecule has 0 aromatic rings. The fourth-order valence-corrected chi connectivity index (χ4v) is 14.2. The van der Waals surface area contributed by atoms with Gasteiger partial charge >= 0.3 is 39.5 Å². The Bertz CT molecular complexity index is 1890. The number of rotatable bonds is 82. The Balaban J connectivity index is 5.21. The smallest absolute Gasteiger partial charge is 0.462 e. The predicted molar refractivity (Wildman–Crippen MR) is 409 cm³/mol. The van der Waals surface area contributed by atoms with Gasteiger partial charge in [-0.25, -0.2) is 9.13 Å². The minimum absolute atomic E-state index is 0.108. The van der Waals surface area contributed by atoms with Gasteiger partial charge in [0.1, 0.15) is 19.3 Å². The third-order valence-corrected chi connectivity index (χ3v) is 21.0. The van der Waals surface area contributed by atoms with E-state index >= 15 is 0 Å². The van der Waals surface area contributed by atoms with Gasteiger partial charge in [0.2, 0.25) is 0 Å². The molecule has 2 unspecified atom stereocenters.